The molecule has 0 heterocycles. The number of hydrogen-bond acceptors (Lipinski definition) is 3. The molecule has 3 nitrogen and oxygen atoms in total. The average molecular weight is 332 g/mol. The Morgan fingerprint density at radius 3 is 2.38 bits per heavy atom. The lowest BCUT2D eigenvalue weighted by molar-refractivity contribution is -0.143. The standard InChI is InChI=1S/C21H32O3/c1-3-5-6-7-8-9-11-16-20(24-21(22)4-2)17-18-23-19-14-12-10-13-15-19/h4,10,12-15,20H,2-3,5-9,11,16-18H2,1H3. The molecule has 0 N–H and O–H groups in total. The molecule has 1 unspecified atom stereocenters. The highest BCUT2D eigenvalue weighted by molar-refractivity contribution is 5.81. The Kier molecular flexibility index (Phi) is 11.5. The minimum absolute atomic E-state index is 0.0881. The summed E-state index contributed by atoms with van der Waals surface area (Å²) in [5, 5.41) is 0. The maximum Gasteiger partial charge on any atom is 0.330 e. The van der Waals surface area contributed by atoms with E-state index in [1.54, 1.807) is 0 Å². The van der Waals surface area contributed by atoms with Crippen molar-refractivity contribution in [2.75, 3.05) is 6.61 Å². The Balaban J connectivity index is 2.24. The van der Waals surface area contributed by atoms with Gasteiger partial charge in [-0.3, -0.25) is 0 Å². The lowest BCUT2D eigenvalue weighted by Gasteiger charge is -2.17. The van der Waals surface area contributed by atoms with E-state index in [2.05, 4.69) is 13.5 Å². The predicted molar refractivity (Wildman–Crippen MR) is 99.2 cm³/mol. The highest BCUT2D eigenvalue weighted by atomic mass is 16.5. The first-order valence-corrected chi connectivity index (χ1v) is 9.27. The van der Waals surface area contributed by atoms with Gasteiger partial charge >= 0.3 is 5.97 Å². The van der Waals surface area contributed by atoms with Gasteiger partial charge in [0.1, 0.15) is 11.9 Å². The maximum absolute atomic E-state index is 11.5. The van der Waals surface area contributed by atoms with Gasteiger partial charge in [-0.25, -0.2) is 4.79 Å². The Bertz CT molecular complexity index is 442. The Morgan fingerprint density at radius 2 is 1.71 bits per heavy atom. The third kappa shape index (κ3) is 10.1. The van der Waals surface area contributed by atoms with Gasteiger partial charge in [-0.2, -0.15) is 0 Å². The smallest absolute Gasteiger partial charge is 0.330 e. The molecule has 134 valence electrons. The molecular formula is C21H32O3. The van der Waals surface area contributed by atoms with Crippen molar-refractivity contribution in [1.29, 1.82) is 0 Å². The second-order valence-electron chi connectivity index (χ2n) is 6.12. The Hall–Kier alpha value is -1.77. The molecular weight excluding hydrogens is 300 g/mol. The van der Waals surface area contributed by atoms with Crippen molar-refractivity contribution in [3.8, 4) is 5.75 Å². The second-order valence-corrected chi connectivity index (χ2v) is 6.12. The van der Waals surface area contributed by atoms with Crippen LogP contribution in [0.2, 0.25) is 0 Å². The van der Waals surface area contributed by atoms with Crippen LogP contribution in [0, 0.1) is 0 Å². The largest absolute Gasteiger partial charge is 0.493 e. The second kappa shape index (κ2) is 13.6. The van der Waals surface area contributed by atoms with Crippen molar-refractivity contribution in [3.63, 3.8) is 0 Å². The number of benzene rings is 1. The van der Waals surface area contributed by atoms with E-state index in [0.717, 1.165) is 18.6 Å². The van der Waals surface area contributed by atoms with Gasteiger partial charge < -0.3 is 9.47 Å². The van der Waals surface area contributed by atoms with Crippen LogP contribution < -0.4 is 4.74 Å². The van der Waals surface area contributed by atoms with Gasteiger partial charge in [0, 0.05) is 12.5 Å². The molecule has 0 aromatic heterocycles. The fraction of sp³-hybridized carbons (Fsp3) is 0.571. The molecule has 1 aromatic carbocycles. The highest BCUT2D eigenvalue weighted by Crippen LogP contribution is 2.15. The van der Waals surface area contributed by atoms with Crippen LogP contribution in [0.1, 0.15) is 64.7 Å². The molecule has 0 fully saturated rings. The number of esters is 1. The third-order valence-corrected chi connectivity index (χ3v) is 4.03. The van der Waals surface area contributed by atoms with Gasteiger partial charge in [0.05, 0.1) is 6.61 Å². The lowest BCUT2D eigenvalue weighted by Crippen LogP contribution is -2.19. The lowest BCUT2D eigenvalue weighted by atomic mass is 10.0. The van der Waals surface area contributed by atoms with Crippen molar-refractivity contribution < 1.29 is 14.3 Å². The van der Waals surface area contributed by atoms with Gasteiger partial charge in [0.15, 0.2) is 0 Å². The topological polar surface area (TPSA) is 35.5 Å². The molecule has 24 heavy (non-hydrogen) atoms. The van der Waals surface area contributed by atoms with E-state index < -0.39 is 0 Å². The fourth-order valence-corrected chi connectivity index (χ4v) is 2.63. The highest BCUT2D eigenvalue weighted by Gasteiger charge is 2.13. The van der Waals surface area contributed by atoms with Crippen molar-refractivity contribution >= 4 is 5.97 Å². The number of carbonyl (C=O) groups excluding carboxylic acids is 1. The van der Waals surface area contributed by atoms with Crippen molar-refractivity contribution in [2.24, 2.45) is 0 Å². The molecule has 1 rings (SSSR count). The van der Waals surface area contributed by atoms with E-state index in [0.29, 0.717) is 13.0 Å². The van der Waals surface area contributed by atoms with Gasteiger partial charge in [0.2, 0.25) is 0 Å². The van der Waals surface area contributed by atoms with Crippen molar-refractivity contribution in [1.82, 2.24) is 0 Å². The van der Waals surface area contributed by atoms with Crippen molar-refractivity contribution in [3.05, 3.63) is 43.0 Å². The summed E-state index contributed by atoms with van der Waals surface area (Å²) in [4.78, 5) is 11.5. The summed E-state index contributed by atoms with van der Waals surface area (Å²) in [7, 11) is 0. The molecule has 1 atom stereocenters. The van der Waals surface area contributed by atoms with E-state index in [4.69, 9.17) is 9.47 Å². The fourth-order valence-electron chi connectivity index (χ4n) is 2.63. The predicted octanol–water partition coefficient (Wildman–Crippen LogP) is 5.69. The number of unbranched alkanes of at least 4 members (excludes halogenated alkanes) is 6. The summed E-state index contributed by atoms with van der Waals surface area (Å²) in [5.41, 5.74) is 0. The van der Waals surface area contributed by atoms with Crippen LogP contribution in [0.15, 0.2) is 43.0 Å². The minimum Gasteiger partial charge on any atom is -0.493 e. The van der Waals surface area contributed by atoms with Gasteiger partial charge in [-0.05, 0) is 25.0 Å². The summed E-state index contributed by atoms with van der Waals surface area (Å²) in [6.45, 7) is 6.26. The molecule has 0 saturated carbocycles. The van der Waals surface area contributed by atoms with Crippen LogP contribution >= 0.6 is 0 Å². The molecule has 0 radical (unpaired) electrons. The Labute approximate surface area is 147 Å². The minimum atomic E-state index is -0.345. The molecule has 0 saturated heterocycles. The third-order valence-electron chi connectivity index (χ3n) is 4.03. The van der Waals surface area contributed by atoms with Crippen LogP contribution in [0.25, 0.3) is 0 Å². The zero-order valence-corrected chi connectivity index (χ0v) is 15.0. The molecule has 0 spiro atoms. The van der Waals surface area contributed by atoms with Crippen LogP contribution in [0.4, 0.5) is 0 Å². The number of hydrogen-bond donors (Lipinski definition) is 0. The van der Waals surface area contributed by atoms with Crippen LogP contribution in [0.3, 0.4) is 0 Å². The number of rotatable bonds is 14. The SMILES string of the molecule is C=CC(=O)OC(CCCCCCCCC)CCOc1ccccc1. The molecule has 0 amide bonds. The van der Waals surface area contributed by atoms with Crippen LogP contribution in [-0.4, -0.2) is 18.7 Å². The van der Waals surface area contributed by atoms with E-state index in [9.17, 15) is 4.79 Å². The number of ether oxygens (including phenoxy) is 2. The summed E-state index contributed by atoms with van der Waals surface area (Å²) in [5.74, 6) is 0.505. The summed E-state index contributed by atoms with van der Waals surface area (Å²) in [6, 6.07) is 9.72. The maximum atomic E-state index is 11.5. The normalized spacial score (nSPS) is 11.7. The summed E-state index contributed by atoms with van der Waals surface area (Å²) >= 11 is 0. The average Bonchev–Trinajstić information content (AvgIpc) is 2.61. The van der Waals surface area contributed by atoms with E-state index >= 15 is 0 Å². The number of para-hydroxylation sites is 1. The van der Waals surface area contributed by atoms with Crippen LogP contribution in [0.5, 0.6) is 5.75 Å². The first kappa shape index (κ1) is 20.3. The van der Waals surface area contributed by atoms with E-state index in [1.807, 2.05) is 30.3 Å². The molecule has 0 aliphatic rings. The van der Waals surface area contributed by atoms with Crippen LogP contribution in [-0.2, 0) is 9.53 Å². The first-order chi connectivity index (χ1) is 11.8. The summed E-state index contributed by atoms with van der Waals surface area (Å²) in [6.07, 6.45) is 11.6. The molecule has 0 aliphatic carbocycles. The van der Waals surface area contributed by atoms with E-state index in [-0.39, 0.29) is 12.1 Å². The zero-order chi connectivity index (χ0) is 17.5. The quantitative estimate of drug-likeness (QED) is 0.249. The Morgan fingerprint density at radius 1 is 1.04 bits per heavy atom. The molecule has 0 bridgehead atoms. The van der Waals surface area contributed by atoms with Gasteiger partial charge in [-0.1, -0.05) is 70.2 Å². The molecule has 1 aromatic rings. The zero-order valence-electron chi connectivity index (χ0n) is 15.0. The first-order valence-electron chi connectivity index (χ1n) is 9.27. The monoisotopic (exact) mass is 332 g/mol. The summed E-state index contributed by atoms with van der Waals surface area (Å²) < 4.78 is 11.2. The number of carbonyl (C=O) groups is 1. The molecule has 3 heteroatoms. The van der Waals surface area contributed by atoms with Crippen molar-refractivity contribution in [2.45, 2.75) is 70.8 Å². The van der Waals surface area contributed by atoms with Gasteiger partial charge in [0.25, 0.3) is 0 Å². The van der Waals surface area contributed by atoms with Gasteiger partial charge in [-0.15, -0.1) is 0 Å². The van der Waals surface area contributed by atoms with E-state index in [1.165, 1.54) is 44.6 Å². The molecule has 0 aliphatic heterocycles.